The third-order valence-electron chi connectivity index (χ3n) is 3.64. The number of likely N-dealkylation sites (N-methyl/N-ethyl adjacent to an activating group) is 1. The van der Waals surface area contributed by atoms with Gasteiger partial charge in [-0.05, 0) is 38.2 Å². The minimum atomic E-state index is -0.567. The van der Waals surface area contributed by atoms with Crippen molar-refractivity contribution in [2.24, 2.45) is 5.73 Å². The largest absolute Gasteiger partial charge is 0.341 e. The molecule has 16 heavy (non-hydrogen) atoms. The van der Waals surface area contributed by atoms with Crippen molar-refractivity contribution in [3.05, 3.63) is 0 Å². The number of carbonyl (C=O) groups excluding carboxylic acids is 1. The summed E-state index contributed by atoms with van der Waals surface area (Å²) in [5.41, 5.74) is 5.61. The molecule has 1 aliphatic rings. The molecule has 1 rings (SSSR count). The molecule has 2 N–H and O–H groups in total. The Morgan fingerprint density at radius 1 is 1.50 bits per heavy atom. The molecule has 1 unspecified atom stereocenters. The molecule has 0 aromatic heterocycles. The summed E-state index contributed by atoms with van der Waals surface area (Å²) in [5, 5.41) is 0. The second kappa shape index (κ2) is 5.92. The van der Waals surface area contributed by atoms with E-state index in [4.69, 9.17) is 5.73 Å². The predicted octanol–water partition coefficient (Wildman–Crippen LogP) is 1.86. The van der Waals surface area contributed by atoms with Crippen molar-refractivity contribution in [3.63, 3.8) is 0 Å². The highest BCUT2D eigenvalue weighted by molar-refractivity contribution is 7.98. The van der Waals surface area contributed by atoms with Gasteiger partial charge in [0.2, 0.25) is 5.91 Å². The van der Waals surface area contributed by atoms with Gasteiger partial charge in [0.05, 0.1) is 5.54 Å². The minimum Gasteiger partial charge on any atom is -0.341 e. The molecular weight excluding hydrogens is 220 g/mol. The lowest BCUT2D eigenvalue weighted by atomic mass is 9.96. The van der Waals surface area contributed by atoms with Gasteiger partial charge in [-0.2, -0.15) is 11.8 Å². The number of thioether (sulfide) groups is 1. The summed E-state index contributed by atoms with van der Waals surface area (Å²) in [6.45, 7) is 2.10. The zero-order chi connectivity index (χ0) is 12.2. The molecule has 94 valence electrons. The van der Waals surface area contributed by atoms with Crippen LogP contribution in [0.1, 0.15) is 39.0 Å². The number of amides is 1. The molecule has 0 saturated heterocycles. The zero-order valence-corrected chi connectivity index (χ0v) is 11.5. The number of nitrogens with zero attached hydrogens (tertiary/aromatic N) is 1. The van der Waals surface area contributed by atoms with Gasteiger partial charge in [0.15, 0.2) is 0 Å². The van der Waals surface area contributed by atoms with E-state index in [9.17, 15) is 4.79 Å². The quantitative estimate of drug-likeness (QED) is 0.803. The van der Waals surface area contributed by atoms with Crippen LogP contribution in [0.25, 0.3) is 0 Å². The maximum Gasteiger partial charge on any atom is 0.242 e. The van der Waals surface area contributed by atoms with Gasteiger partial charge < -0.3 is 10.6 Å². The van der Waals surface area contributed by atoms with E-state index in [-0.39, 0.29) is 5.91 Å². The van der Waals surface area contributed by atoms with Crippen LogP contribution in [0.4, 0.5) is 0 Å². The van der Waals surface area contributed by atoms with Crippen LogP contribution in [0.15, 0.2) is 0 Å². The fourth-order valence-corrected chi connectivity index (χ4v) is 2.83. The van der Waals surface area contributed by atoms with Crippen molar-refractivity contribution < 1.29 is 4.79 Å². The van der Waals surface area contributed by atoms with Crippen LogP contribution < -0.4 is 5.73 Å². The monoisotopic (exact) mass is 244 g/mol. The average molecular weight is 244 g/mol. The molecule has 0 aromatic rings. The maximum absolute atomic E-state index is 12.3. The first-order valence-electron chi connectivity index (χ1n) is 6.06. The van der Waals surface area contributed by atoms with Gasteiger partial charge in [-0.1, -0.05) is 12.8 Å². The molecular formula is C12H24N2OS. The number of hydrogen-bond acceptors (Lipinski definition) is 3. The molecule has 0 bridgehead atoms. The smallest absolute Gasteiger partial charge is 0.242 e. The van der Waals surface area contributed by atoms with Gasteiger partial charge in [-0.25, -0.2) is 0 Å². The van der Waals surface area contributed by atoms with Crippen molar-refractivity contribution in [3.8, 4) is 0 Å². The molecule has 3 nitrogen and oxygen atoms in total. The van der Waals surface area contributed by atoms with Crippen LogP contribution in [0.3, 0.4) is 0 Å². The first kappa shape index (κ1) is 13.8. The number of carbonyl (C=O) groups is 1. The Balaban J connectivity index is 2.52. The zero-order valence-electron chi connectivity index (χ0n) is 10.7. The minimum absolute atomic E-state index is 0.138. The Hall–Kier alpha value is -0.220. The fourth-order valence-electron chi connectivity index (χ4n) is 2.25. The fraction of sp³-hybridized carbons (Fsp3) is 0.917. The maximum atomic E-state index is 12.3. The third-order valence-corrected chi connectivity index (χ3v) is 4.29. The third kappa shape index (κ3) is 3.14. The van der Waals surface area contributed by atoms with Crippen molar-refractivity contribution >= 4 is 17.7 Å². The SMILES string of the molecule is CSCCC(C)N(C)C(=O)C1(N)CCCC1. The summed E-state index contributed by atoms with van der Waals surface area (Å²) in [5.74, 6) is 1.23. The van der Waals surface area contributed by atoms with Gasteiger partial charge in [-0.3, -0.25) is 4.79 Å². The summed E-state index contributed by atoms with van der Waals surface area (Å²) in [6, 6.07) is 0.293. The van der Waals surface area contributed by atoms with E-state index in [1.807, 2.05) is 23.7 Å². The molecule has 1 atom stereocenters. The summed E-state index contributed by atoms with van der Waals surface area (Å²) in [7, 11) is 1.89. The normalized spacial score (nSPS) is 20.8. The highest BCUT2D eigenvalue weighted by Gasteiger charge is 2.39. The van der Waals surface area contributed by atoms with Crippen LogP contribution in [0, 0.1) is 0 Å². The van der Waals surface area contributed by atoms with Crippen molar-refractivity contribution in [2.75, 3.05) is 19.1 Å². The van der Waals surface area contributed by atoms with E-state index < -0.39 is 5.54 Å². The lowest BCUT2D eigenvalue weighted by Crippen LogP contribution is -2.54. The van der Waals surface area contributed by atoms with E-state index in [2.05, 4.69) is 13.2 Å². The second-order valence-corrected chi connectivity index (χ2v) is 5.90. The lowest BCUT2D eigenvalue weighted by molar-refractivity contribution is -0.137. The van der Waals surface area contributed by atoms with Crippen LogP contribution in [0.5, 0.6) is 0 Å². The molecule has 0 aromatic carbocycles. The standard InChI is InChI=1S/C12H24N2OS/c1-10(6-9-16-3)14(2)11(15)12(13)7-4-5-8-12/h10H,4-9,13H2,1-3H3. The molecule has 1 aliphatic carbocycles. The van der Waals surface area contributed by atoms with Gasteiger partial charge >= 0.3 is 0 Å². The van der Waals surface area contributed by atoms with E-state index >= 15 is 0 Å². The summed E-state index contributed by atoms with van der Waals surface area (Å²) >= 11 is 1.82. The van der Waals surface area contributed by atoms with Gasteiger partial charge in [0, 0.05) is 13.1 Å². The molecule has 1 fully saturated rings. The number of nitrogens with two attached hydrogens (primary N) is 1. The first-order valence-corrected chi connectivity index (χ1v) is 7.46. The predicted molar refractivity (Wildman–Crippen MR) is 70.6 cm³/mol. The van der Waals surface area contributed by atoms with E-state index in [0.717, 1.165) is 37.9 Å². The van der Waals surface area contributed by atoms with Crippen LogP contribution in [-0.2, 0) is 4.79 Å². The topological polar surface area (TPSA) is 46.3 Å². The van der Waals surface area contributed by atoms with Crippen molar-refractivity contribution in [1.29, 1.82) is 0 Å². The average Bonchev–Trinajstić information content (AvgIpc) is 2.72. The Labute approximate surface area is 103 Å². The van der Waals surface area contributed by atoms with E-state index in [1.165, 1.54) is 0 Å². The summed E-state index contributed by atoms with van der Waals surface area (Å²) in [4.78, 5) is 14.1. The number of rotatable bonds is 5. The van der Waals surface area contributed by atoms with E-state index in [0.29, 0.717) is 6.04 Å². The molecule has 4 heteroatoms. The number of hydrogen-bond donors (Lipinski definition) is 1. The Morgan fingerprint density at radius 2 is 2.06 bits per heavy atom. The van der Waals surface area contributed by atoms with Crippen LogP contribution >= 0.6 is 11.8 Å². The van der Waals surface area contributed by atoms with Gasteiger partial charge in [0.25, 0.3) is 0 Å². The van der Waals surface area contributed by atoms with Crippen molar-refractivity contribution in [1.82, 2.24) is 4.90 Å². The highest BCUT2D eigenvalue weighted by atomic mass is 32.2. The van der Waals surface area contributed by atoms with Gasteiger partial charge in [0.1, 0.15) is 0 Å². The molecule has 1 saturated carbocycles. The molecule has 0 heterocycles. The van der Waals surface area contributed by atoms with Crippen LogP contribution in [-0.4, -0.2) is 41.4 Å². The van der Waals surface area contributed by atoms with E-state index in [1.54, 1.807) is 0 Å². The highest BCUT2D eigenvalue weighted by Crippen LogP contribution is 2.29. The second-order valence-electron chi connectivity index (χ2n) is 4.91. The van der Waals surface area contributed by atoms with Crippen molar-refractivity contribution in [2.45, 2.75) is 50.6 Å². The molecule has 1 amide bonds. The Bertz CT molecular complexity index is 239. The molecule has 0 aliphatic heterocycles. The lowest BCUT2D eigenvalue weighted by Gasteiger charge is -2.32. The first-order chi connectivity index (χ1) is 7.51. The Kier molecular flexibility index (Phi) is 5.12. The van der Waals surface area contributed by atoms with Crippen LogP contribution in [0.2, 0.25) is 0 Å². The Morgan fingerprint density at radius 3 is 2.56 bits per heavy atom. The van der Waals surface area contributed by atoms with Gasteiger partial charge in [-0.15, -0.1) is 0 Å². The summed E-state index contributed by atoms with van der Waals surface area (Å²) < 4.78 is 0. The molecule has 0 spiro atoms. The summed E-state index contributed by atoms with van der Waals surface area (Å²) in [6.07, 6.45) is 7.02. The molecule has 0 radical (unpaired) electrons.